The van der Waals surface area contributed by atoms with Gasteiger partial charge in [-0.1, -0.05) is 18.5 Å². The minimum atomic E-state index is -0.184. The molecule has 0 amide bonds. The van der Waals surface area contributed by atoms with Gasteiger partial charge in [0.25, 0.3) is 0 Å². The predicted molar refractivity (Wildman–Crippen MR) is 52.0 cm³/mol. The molecule has 0 heterocycles. The minimum Gasteiger partial charge on any atom is -0.507 e. The van der Waals surface area contributed by atoms with Crippen LogP contribution in [0.3, 0.4) is 0 Å². The Morgan fingerprint density at radius 3 is 2.71 bits per heavy atom. The van der Waals surface area contributed by atoms with Gasteiger partial charge in [-0.25, -0.2) is 0 Å². The number of Topliss-reactive ketones (excluding diaryl/α,β-unsaturated/α-hetero) is 1. The van der Waals surface area contributed by atoms with Crippen LogP contribution in [0.2, 0.25) is 5.02 Å². The molecule has 1 unspecified atom stereocenters. The number of fused-ring (bicyclic) bond motifs is 1. The largest absolute Gasteiger partial charge is 0.507 e. The summed E-state index contributed by atoms with van der Waals surface area (Å²) < 4.78 is 0. The molecule has 0 aromatic heterocycles. The Kier molecular flexibility index (Phi) is 1.93. The highest BCUT2D eigenvalue weighted by atomic mass is 35.5. The first-order chi connectivity index (χ1) is 6.52. The third-order valence-electron chi connectivity index (χ3n) is 2.53. The van der Waals surface area contributed by atoms with Gasteiger partial charge in [-0.05, 0) is 12.0 Å². The highest BCUT2D eigenvalue weighted by Gasteiger charge is 2.32. The van der Waals surface area contributed by atoms with Crippen molar-refractivity contribution in [3.8, 4) is 11.5 Å². The summed E-state index contributed by atoms with van der Waals surface area (Å²) in [5, 5.41) is 19.0. The fourth-order valence-corrected chi connectivity index (χ4v) is 2.02. The Labute approximate surface area is 85.9 Å². The van der Waals surface area contributed by atoms with E-state index in [1.807, 2.05) is 0 Å². The van der Waals surface area contributed by atoms with Gasteiger partial charge in [0.15, 0.2) is 5.78 Å². The molecule has 1 aliphatic carbocycles. The van der Waals surface area contributed by atoms with Gasteiger partial charge < -0.3 is 10.2 Å². The van der Waals surface area contributed by atoms with Crippen molar-refractivity contribution < 1.29 is 15.0 Å². The molecule has 3 nitrogen and oxygen atoms in total. The van der Waals surface area contributed by atoms with Gasteiger partial charge in [-0.3, -0.25) is 4.79 Å². The smallest absolute Gasteiger partial charge is 0.170 e. The fraction of sp³-hybridized carbons (Fsp3) is 0.300. The number of phenols is 2. The molecule has 0 saturated carbocycles. The zero-order chi connectivity index (χ0) is 10.5. The van der Waals surface area contributed by atoms with Gasteiger partial charge in [0, 0.05) is 12.0 Å². The van der Waals surface area contributed by atoms with Crippen molar-refractivity contribution in [1.29, 1.82) is 0 Å². The molecule has 2 rings (SSSR count). The lowest BCUT2D eigenvalue weighted by molar-refractivity contribution is 0.0944. The van der Waals surface area contributed by atoms with Crippen molar-refractivity contribution >= 4 is 17.4 Å². The van der Waals surface area contributed by atoms with Crippen molar-refractivity contribution in [2.45, 2.75) is 13.3 Å². The van der Waals surface area contributed by atoms with Crippen LogP contribution in [0.4, 0.5) is 0 Å². The molecule has 0 bridgehead atoms. The van der Waals surface area contributed by atoms with Crippen molar-refractivity contribution in [3.05, 3.63) is 22.2 Å². The molecular formula is C10H9ClO3. The maximum Gasteiger partial charge on any atom is 0.170 e. The van der Waals surface area contributed by atoms with E-state index < -0.39 is 0 Å². The van der Waals surface area contributed by atoms with E-state index in [1.165, 1.54) is 0 Å². The number of phenolic OH excluding ortho intramolecular Hbond substituents is 2. The molecule has 2 N–H and O–H groups in total. The molecule has 0 radical (unpaired) electrons. The van der Waals surface area contributed by atoms with Crippen LogP contribution in [-0.4, -0.2) is 16.0 Å². The summed E-state index contributed by atoms with van der Waals surface area (Å²) in [6.07, 6.45) is 0.481. The first-order valence-corrected chi connectivity index (χ1v) is 4.67. The number of hydrogen-bond acceptors (Lipinski definition) is 3. The minimum absolute atomic E-state index is 0.112. The summed E-state index contributed by atoms with van der Waals surface area (Å²) >= 11 is 5.83. The number of hydrogen-bond donors (Lipinski definition) is 2. The van der Waals surface area contributed by atoms with Crippen molar-refractivity contribution in [3.63, 3.8) is 0 Å². The second-order valence-corrected chi connectivity index (χ2v) is 3.93. The molecule has 74 valence electrons. The van der Waals surface area contributed by atoms with Crippen molar-refractivity contribution in [2.75, 3.05) is 0 Å². The molecule has 0 saturated heterocycles. The lowest BCUT2D eigenvalue weighted by Crippen LogP contribution is -2.03. The normalized spacial score (nSPS) is 19.9. The van der Waals surface area contributed by atoms with Crippen molar-refractivity contribution in [1.82, 2.24) is 0 Å². The van der Waals surface area contributed by atoms with Crippen LogP contribution in [0.15, 0.2) is 6.07 Å². The molecule has 1 aromatic rings. The van der Waals surface area contributed by atoms with Gasteiger partial charge in [-0.15, -0.1) is 0 Å². The Balaban J connectivity index is 2.73. The molecule has 1 aromatic carbocycles. The average Bonchev–Trinajstić information content (AvgIpc) is 2.40. The van der Waals surface area contributed by atoms with E-state index in [0.717, 1.165) is 6.07 Å². The number of carbonyl (C=O) groups excluding carboxylic acids is 1. The SMILES string of the molecule is CC1Cc2c(Cl)c(O)cc(O)c2C1=O. The summed E-state index contributed by atoms with van der Waals surface area (Å²) in [6.45, 7) is 1.77. The Hall–Kier alpha value is -1.22. The maximum atomic E-state index is 11.6. The standard InChI is InChI=1S/C10H9ClO3/c1-4-2-5-8(10(4)14)6(12)3-7(13)9(5)11/h3-4,12-13H,2H2,1H3. The first kappa shape index (κ1) is 9.34. The van der Waals surface area contributed by atoms with Crippen LogP contribution in [0.1, 0.15) is 22.8 Å². The highest BCUT2D eigenvalue weighted by Crippen LogP contribution is 2.42. The fourth-order valence-electron chi connectivity index (χ4n) is 1.80. The summed E-state index contributed by atoms with van der Waals surface area (Å²) in [5.41, 5.74) is 0.821. The number of rotatable bonds is 0. The molecular weight excluding hydrogens is 204 g/mol. The highest BCUT2D eigenvalue weighted by molar-refractivity contribution is 6.33. The van der Waals surface area contributed by atoms with E-state index >= 15 is 0 Å². The van der Waals surface area contributed by atoms with E-state index in [-0.39, 0.29) is 33.8 Å². The molecule has 0 spiro atoms. The van der Waals surface area contributed by atoms with Gasteiger partial charge >= 0.3 is 0 Å². The predicted octanol–water partition coefficient (Wildman–Crippen LogP) is 2.13. The van der Waals surface area contributed by atoms with E-state index in [0.29, 0.717) is 12.0 Å². The van der Waals surface area contributed by atoms with Crippen LogP contribution < -0.4 is 0 Å². The topological polar surface area (TPSA) is 57.5 Å². The first-order valence-electron chi connectivity index (χ1n) is 4.30. The number of carbonyl (C=O) groups is 1. The zero-order valence-corrected chi connectivity index (χ0v) is 8.30. The van der Waals surface area contributed by atoms with E-state index in [1.54, 1.807) is 6.92 Å². The number of ketones is 1. The third kappa shape index (κ3) is 1.09. The van der Waals surface area contributed by atoms with E-state index in [2.05, 4.69) is 0 Å². The summed E-state index contributed by atoms with van der Waals surface area (Å²) in [7, 11) is 0. The van der Waals surface area contributed by atoms with Crippen LogP contribution in [0.25, 0.3) is 0 Å². The van der Waals surface area contributed by atoms with Crippen LogP contribution in [-0.2, 0) is 6.42 Å². The summed E-state index contributed by atoms with van der Waals surface area (Å²) in [4.78, 5) is 11.6. The second kappa shape index (κ2) is 2.89. The molecule has 1 aliphatic rings. The van der Waals surface area contributed by atoms with Gasteiger partial charge in [0.1, 0.15) is 11.5 Å². The summed E-state index contributed by atoms with van der Waals surface area (Å²) in [5.74, 6) is -0.643. The molecule has 1 atom stereocenters. The van der Waals surface area contributed by atoms with Gasteiger partial charge in [0.2, 0.25) is 0 Å². The zero-order valence-electron chi connectivity index (χ0n) is 7.54. The Morgan fingerprint density at radius 1 is 1.43 bits per heavy atom. The number of halogens is 1. The van der Waals surface area contributed by atoms with Crippen LogP contribution in [0, 0.1) is 5.92 Å². The van der Waals surface area contributed by atoms with E-state index in [9.17, 15) is 15.0 Å². The van der Waals surface area contributed by atoms with Gasteiger partial charge in [0.05, 0.1) is 10.6 Å². The van der Waals surface area contributed by atoms with Crippen LogP contribution >= 0.6 is 11.6 Å². The second-order valence-electron chi connectivity index (χ2n) is 3.55. The molecule has 0 aliphatic heterocycles. The lowest BCUT2D eigenvalue weighted by atomic mass is 10.1. The lowest BCUT2D eigenvalue weighted by Gasteiger charge is -2.05. The number of benzene rings is 1. The quantitative estimate of drug-likeness (QED) is 0.693. The number of aromatic hydroxyl groups is 2. The van der Waals surface area contributed by atoms with Crippen molar-refractivity contribution in [2.24, 2.45) is 5.92 Å². The monoisotopic (exact) mass is 212 g/mol. The Bertz CT molecular complexity index is 426. The molecule has 14 heavy (non-hydrogen) atoms. The van der Waals surface area contributed by atoms with Crippen LogP contribution in [0.5, 0.6) is 11.5 Å². The van der Waals surface area contributed by atoms with Gasteiger partial charge in [-0.2, -0.15) is 0 Å². The van der Waals surface area contributed by atoms with E-state index in [4.69, 9.17) is 11.6 Å². The third-order valence-corrected chi connectivity index (χ3v) is 2.95. The Morgan fingerprint density at radius 2 is 2.07 bits per heavy atom. The maximum absolute atomic E-state index is 11.6. The molecule has 0 fully saturated rings. The summed E-state index contributed by atoms with van der Waals surface area (Å²) in [6, 6.07) is 1.11. The average molecular weight is 213 g/mol. The molecule has 4 heteroatoms.